The van der Waals surface area contributed by atoms with E-state index in [2.05, 4.69) is 27.3 Å². The van der Waals surface area contributed by atoms with Crippen LogP contribution < -0.4 is 15.8 Å². The van der Waals surface area contributed by atoms with E-state index in [0.29, 0.717) is 11.6 Å². The van der Waals surface area contributed by atoms with E-state index in [1.165, 1.54) is 5.56 Å². The molecule has 0 saturated carbocycles. The fraction of sp³-hybridized carbons (Fsp3) is 0.250. The van der Waals surface area contributed by atoms with Gasteiger partial charge >= 0.3 is 0 Å². The molecule has 2 aromatic heterocycles. The molecule has 1 saturated heterocycles. The van der Waals surface area contributed by atoms with Crippen LogP contribution in [0.15, 0.2) is 65.7 Å². The molecule has 3 heterocycles. The van der Waals surface area contributed by atoms with Crippen molar-refractivity contribution in [3.05, 3.63) is 76.8 Å². The third kappa shape index (κ3) is 3.23. The summed E-state index contributed by atoms with van der Waals surface area (Å²) in [4.78, 5) is 23.5. The van der Waals surface area contributed by atoms with Crippen molar-refractivity contribution in [2.45, 2.75) is 6.04 Å². The van der Waals surface area contributed by atoms with Gasteiger partial charge in [0.2, 0.25) is 5.95 Å². The predicted molar refractivity (Wildman–Crippen MR) is 102 cm³/mol. The minimum absolute atomic E-state index is 0.0587. The van der Waals surface area contributed by atoms with E-state index < -0.39 is 0 Å². The Bertz CT molecular complexity index is 939. The van der Waals surface area contributed by atoms with Gasteiger partial charge in [0.05, 0.1) is 5.69 Å². The second-order valence-corrected chi connectivity index (χ2v) is 6.44. The van der Waals surface area contributed by atoms with Gasteiger partial charge in [-0.25, -0.2) is 4.98 Å². The van der Waals surface area contributed by atoms with Gasteiger partial charge < -0.3 is 10.2 Å². The van der Waals surface area contributed by atoms with Crippen molar-refractivity contribution in [1.82, 2.24) is 19.9 Å². The smallest absolute Gasteiger partial charge is 0.255 e. The monoisotopic (exact) mass is 347 g/mol. The van der Waals surface area contributed by atoms with Gasteiger partial charge in [-0.1, -0.05) is 30.3 Å². The molecule has 1 unspecified atom stereocenters. The number of benzene rings is 1. The first-order valence-electron chi connectivity index (χ1n) is 8.74. The Morgan fingerprint density at radius 2 is 1.88 bits per heavy atom. The highest BCUT2D eigenvalue weighted by Crippen LogP contribution is 2.22. The van der Waals surface area contributed by atoms with Crippen LogP contribution in [0.5, 0.6) is 0 Å². The van der Waals surface area contributed by atoms with Gasteiger partial charge in [-0.15, -0.1) is 0 Å². The summed E-state index contributed by atoms with van der Waals surface area (Å²) < 4.78 is 1.62. The Kier molecular flexibility index (Phi) is 4.50. The number of rotatable bonds is 3. The molecule has 1 aliphatic heterocycles. The Morgan fingerprint density at radius 1 is 1.12 bits per heavy atom. The minimum Gasteiger partial charge on any atom is -0.339 e. The summed E-state index contributed by atoms with van der Waals surface area (Å²) in [5.41, 5.74) is 2.76. The van der Waals surface area contributed by atoms with E-state index in [1.54, 1.807) is 30.1 Å². The van der Waals surface area contributed by atoms with Gasteiger partial charge in [0.15, 0.2) is 0 Å². The summed E-state index contributed by atoms with van der Waals surface area (Å²) in [6, 6.07) is 15.9. The van der Waals surface area contributed by atoms with Crippen molar-refractivity contribution < 1.29 is 0 Å². The average Bonchev–Trinajstić information content (AvgIpc) is 2.71. The highest BCUT2D eigenvalue weighted by molar-refractivity contribution is 5.59. The number of aromatic nitrogens is 3. The maximum atomic E-state index is 12.5. The van der Waals surface area contributed by atoms with Gasteiger partial charge in [-0.05, 0) is 17.7 Å². The summed E-state index contributed by atoms with van der Waals surface area (Å²) in [5.74, 6) is 0.701. The quantitative estimate of drug-likeness (QED) is 0.785. The highest BCUT2D eigenvalue weighted by Gasteiger charge is 2.23. The molecule has 0 amide bonds. The van der Waals surface area contributed by atoms with E-state index in [4.69, 9.17) is 4.98 Å². The molecule has 0 aliphatic carbocycles. The van der Waals surface area contributed by atoms with Crippen molar-refractivity contribution in [3.63, 3.8) is 0 Å². The van der Waals surface area contributed by atoms with Crippen molar-refractivity contribution in [3.8, 4) is 11.3 Å². The lowest BCUT2D eigenvalue weighted by Gasteiger charge is -2.35. The van der Waals surface area contributed by atoms with Crippen LogP contribution >= 0.6 is 0 Å². The number of nitrogens with one attached hydrogen (secondary N) is 1. The van der Waals surface area contributed by atoms with Crippen LogP contribution in [0.2, 0.25) is 0 Å². The number of pyridine rings is 1. The second-order valence-electron chi connectivity index (χ2n) is 6.44. The van der Waals surface area contributed by atoms with Gasteiger partial charge in [0.1, 0.15) is 0 Å². The summed E-state index contributed by atoms with van der Waals surface area (Å²) in [6.45, 7) is 2.42. The third-order valence-electron chi connectivity index (χ3n) is 4.75. The normalized spacial score (nSPS) is 17.3. The van der Waals surface area contributed by atoms with Crippen molar-refractivity contribution >= 4 is 5.95 Å². The highest BCUT2D eigenvalue weighted by atomic mass is 16.1. The fourth-order valence-electron chi connectivity index (χ4n) is 3.32. The maximum Gasteiger partial charge on any atom is 0.255 e. The summed E-state index contributed by atoms with van der Waals surface area (Å²) in [6.07, 6.45) is 3.43. The largest absolute Gasteiger partial charge is 0.339 e. The molecular formula is C20H21N5O. The molecule has 6 heteroatoms. The van der Waals surface area contributed by atoms with Gasteiger partial charge in [-0.3, -0.25) is 14.3 Å². The number of anilines is 1. The van der Waals surface area contributed by atoms with E-state index >= 15 is 0 Å². The molecule has 1 aromatic carbocycles. The van der Waals surface area contributed by atoms with Crippen molar-refractivity contribution in [2.75, 3.05) is 24.5 Å². The zero-order valence-corrected chi connectivity index (χ0v) is 14.7. The Morgan fingerprint density at radius 3 is 2.65 bits per heavy atom. The molecule has 6 nitrogen and oxygen atoms in total. The zero-order valence-electron chi connectivity index (χ0n) is 14.7. The molecular weight excluding hydrogens is 326 g/mol. The molecule has 1 N–H and O–H groups in total. The molecule has 1 fully saturated rings. The number of nitrogens with zero attached hydrogens (tertiary/aromatic N) is 4. The lowest BCUT2D eigenvalue weighted by molar-refractivity contribution is 0.462. The van der Waals surface area contributed by atoms with E-state index in [-0.39, 0.29) is 11.6 Å². The number of piperazine rings is 1. The van der Waals surface area contributed by atoms with Crippen LogP contribution in [-0.4, -0.2) is 34.2 Å². The number of hydrogen-bond donors (Lipinski definition) is 1. The first-order valence-corrected chi connectivity index (χ1v) is 8.74. The minimum atomic E-state index is -0.0587. The topological polar surface area (TPSA) is 63.1 Å². The van der Waals surface area contributed by atoms with Gasteiger partial charge in [0.25, 0.3) is 5.56 Å². The molecule has 0 spiro atoms. The average molecular weight is 347 g/mol. The van der Waals surface area contributed by atoms with Gasteiger partial charge in [0, 0.05) is 56.7 Å². The first-order chi connectivity index (χ1) is 12.7. The molecule has 0 bridgehead atoms. The lowest BCUT2D eigenvalue weighted by atomic mass is 10.0. The Labute approximate surface area is 152 Å². The third-order valence-corrected chi connectivity index (χ3v) is 4.75. The van der Waals surface area contributed by atoms with Crippen molar-refractivity contribution in [2.24, 2.45) is 7.05 Å². The molecule has 0 radical (unpaired) electrons. The molecule has 1 aliphatic rings. The van der Waals surface area contributed by atoms with Crippen LogP contribution in [0.4, 0.5) is 5.95 Å². The maximum absolute atomic E-state index is 12.5. The molecule has 132 valence electrons. The van der Waals surface area contributed by atoms with E-state index in [9.17, 15) is 4.79 Å². The van der Waals surface area contributed by atoms with E-state index in [0.717, 1.165) is 25.2 Å². The van der Waals surface area contributed by atoms with Crippen LogP contribution in [0, 0.1) is 0 Å². The predicted octanol–water partition coefficient (Wildman–Crippen LogP) is 1.99. The lowest BCUT2D eigenvalue weighted by Crippen LogP contribution is -2.47. The second kappa shape index (κ2) is 7.09. The van der Waals surface area contributed by atoms with Crippen LogP contribution in [0.1, 0.15) is 11.6 Å². The van der Waals surface area contributed by atoms with Crippen molar-refractivity contribution in [1.29, 1.82) is 0 Å². The molecule has 4 rings (SSSR count). The summed E-state index contributed by atoms with van der Waals surface area (Å²) >= 11 is 0. The SMILES string of the molecule is Cn1c(N2CCNC(c3ccccc3)C2)nc(-c2ccncc2)cc1=O. The summed E-state index contributed by atoms with van der Waals surface area (Å²) in [5, 5.41) is 3.55. The zero-order chi connectivity index (χ0) is 17.9. The Balaban J connectivity index is 1.68. The summed E-state index contributed by atoms with van der Waals surface area (Å²) in [7, 11) is 1.78. The molecule has 3 aromatic rings. The standard InChI is InChI=1S/C20H21N5O/c1-24-19(26)13-17(16-7-9-21-10-8-16)23-20(24)25-12-11-22-18(14-25)15-5-3-2-4-6-15/h2-10,13,18,22H,11-12,14H2,1H3. The fourth-order valence-corrected chi connectivity index (χ4v) is 3.32. The van der Waals surface area contributed by atoms with E-state index in [1.807, 2.05) is 30.3 Å². The molecule has 26 heavy (non-hydrogen) atoms. The number of hydrogen-bond acceptors (Lipinski definition) is 5. The first kappa shape index (κ1) is 16.5. The van der Waals surface area contributed by atoms with Crippen LogP contribution in [-0.2, 0) is 7.05 Å². The van der Waals surface area contributed by atoms with Gasteiger partial charge in [-0.2, -0.15) is 0 Å². The molecule has 1 atom stereocenters. The Hall–Kier alpha value is -2.99. The van der Waals surface area contributed by atoms with Crippen LogP contribution in [0.3, 0.4) is 0 Å². The van der Waals surface area contributed by atoms with Crippen LogP contribution in [0.25, 0.3) is 11.3 Å².